The van der Waals surface area contributed by atoms with Crippen LogP contribution in [-0.2, 0) is 9.84 Å². The minimum Gasteiger partial charge on any atom is -0.495 e. The molecule has 0 saturated carbocycles. The lowest BCUT2D eigenvalue weighted by molar-refractivity contribution is 0.103. The fourth-order valence-corrected chi connectivity index (χ4v) is 4.07. The zero-order chi connectivity index (χ0) is 13.6. The number of rotatable bonds is 1. The molecule has 1 aliphatic heterocycles. The van der Waals surface area contributed by atoms with Crippen molar-refractivity contribution in [2.24, 2.45) is 0 Å². The molecule has 96 valence electrons. The van der Waals surface area contributed by atoms with Crippen LogP contribution in [-0.4, -0.2) is 21.3 Å². The van der Waals surface area contributed by atoms with Crippen LogP contribution in [0.3, 0.4) is 0 Å². The van der Waals surface area contributed by atoms with Gasteiger partial charge >= 0.3 is 0 Å². The molecule has 3 rings (SSSR count). The summed E-state index contributed by atoms with van der Waals surface area (Å²) in [6.45, 7) is 0. The number of hydrogen-bond donors (Lipinski definition) is 0. The first-order chi connectivity index (χ1) is 9.07. The van der Waals surface area contributed by atoms with Crippen molar-refractivity contribution in [2.45, 2.75) is 9.79 Å². The topological polar surface area (TPSA) is 60.4 Å². The van der Waals surface area contributed by atoms with Gasteiger partial charge in [0.05, 0.1) is 12.0 Å². The highest BCUT2D eigenvalue weighted by atomic mass is 32.2. The van der Waals surface area contributed by atoms with Gasteiger partial charge in [0.15, 0.2) is 5.78 Å². The van der Waals surface area contributed by atoms with Gasteiger partial charge in [0.25, 0.3) is 0 Å². The van der Waals surface area contributed by atoms with Crippen LogP contribution in [0.2, 0.25) is 0 Å². The highest BCUT2D eigenvalue weighted by Crippen LogP contribution is 2.39. The lowest BCUT2D eigenvalue weighted by Crippen LogP contribution is -2.20. The van der Waals surface area contributed by atoms with Gasteiger partial charge in [-0.1, -0.05) is 18.2 Å². The molecule has 0 bridgehead atoms. The summed E-state index contributed by atoms with van der Waals surface area (Å²) in [5.41, 5.74) is 0.376. The number of fused-ring (bicyclic) bond motifs is 2. The van der Waals surface area contributed by atoms with Gasteiger partial charge in [0.2, 0.25) is 9.84 Å². The number of carbonyl (C=O) groups excluding carboxylic acids is 1. The van der Waals surface area contributed by atoms with Gasteiger partial charge < -0.3 is 4.74 Å². The van der Waals surface area contributed by atoms with Gasteiger partial charge in [-0.25, -0.2) is 8.42 Å². The van der Waals surface area contributed by atoms with Gasteiger partial charge in [-0.05, 0) is 24.3 Å². The normalized spacial score (nSPS) is 15.5. The highest BCUT2D eigenvalue weighted by molar-refractivity contribution is 7.92. The van der Waals surface area contributed by atoms with Gasteiger partial charge in [0, 0.05) is 11.1 Å². The molecule has 1 aliphatic rings. The summed E-state index contributed by atoms with van der Waals surface area (Å²) in [5.74, 6) is -0.0975. The lowest BCUT2D eigenvalue weighted by atomic mass is 10.0. The van der Waals surface area contributed by atoms with E-state index in [0.29, 0.717) is 0 Å². The monoisotopic (exact) mass is 274 g/mol. The molecular weight excluding hydrogens is 264 g/mol. The van der Waals surface area contributed by atoms with Gasteiger partial charge in [-0.2, -0.15) is 0 Å². The maximum absolute atomic E-state index is 12.6. The molecule has 1 heterocycles. The van der Waals surface area contributed by atoms with Gasteiger partial charge in [-0.15, -0.1) is 0 Å². The lowest BCUT2D eigenvalue weighted by Gasteiger charge is -2.20. The Bertz CT molecular complexity index is 791. The quantitative estimate of drug-likeness (QED) is 0.681. The maximum Gasteiger partial charge on any atom is 0.211 e. The Kier molecular flexibility index (Phi) is 2.46. The Hall–Kier alpha value is -2.14. The fraction of sp³-hybridized carbons (Fsp3) is 0.0714. The van der Waals surface area contributed by atoms with Crippen molar-refractivity contribution in [1.29, 1.82) is 0 Å². The number of ketones is 1. The molecule has 19 heavy (non-hydrogen) atoms. The number of sulfone groups is 1. The summed E-state index contributed by atoms with van der Waals surface area (Å²) in [6, 6.07) is 10.9. The predicted molar refractivity (Wildman–Crippen MR) is 68.3 cm³/mol. The predicted octanol–water partition coefficient (Wildman–Crippen LogP) is 2.07. The van der Waals surface area contributed by atoms with Crippen LogP contribution >= 0.6 is 0 Å². The van der Waals surface area contributed by atoms with Crippen molar-refractivity contribution in [2.75, 3.05) is 7.11 Å². The van der Waals surface area contributed by atoms with E-state index in [2.05, 4.69) is 0 Å². The van der Waals surface area contributed by atoms with Gasteiger partial charge in [0.1, 0.15) is 10.6 Å². The van der Waals surface area contributed by atoms with E-state index in [9.17, 15) is 13.2 Å². The van der Waals surface area contributed by atoms with Crippen molar-refractivity contribution in [3.63, 3.8) is 0 Å². The molecule has 0 atom stereocenters. The van der Waals surface area contributed by atoms with Crippen LogP contribution in [0.25, 0.3) is 0 Å². The smallest absolute Gasteiger partial charge is 0.211 e. The Morgan fingerprint density at radius 3 is 2.37 bits per heavy atom. The van der Waals surface area contributed by atoms with E-state index in [4.69, 9.17) is 4.74 Å². The number of hydrogen-bond acceptors (Lipinski definition) is 4. The molecule has 0 fully saturated rings. The van der Waals surface area contributed by atoms with E-state index >= 15 is 0 Å². The van der Waals surface area contributed by atoms with E-state index in [1.807, 2.05) is 0 Å². The summed E-state index contributed by atoms with van der Waals surface area (Å²) in [6.07, 6.45) is 0. The molecule has 0 aromatic heterocycles. The molecule has 0 amide bonds. The molecule has 0 saturated heterocycles. The molecule has 4 nitrogen and oxygen atoms in total. The molecule has 0 spiro atoms. The Labute approximate surface area is 110 Å². The number of ether oxygens (including phenoxy) is 1. The fourth-order valence-electron chi connectivity index (χ4n) is 2.28. The molecule has 0 radical (unpaired) electrons. The summed E-state index contributed by atoms with van der Waals surface area (Å²) in [5, 5.41) is 0. The summed E-state index contributed by atoms with van der Waals surface area (Å²) in [4.78, 5) is 12.3. The molecule has 0 N–H and O–H groups in total. The molecule has 0 aliphatic carbocycles. The van der Waals surface area contributed by atoms with Crippen molar-refractivity contribution in [3.8, 4) is 5.75 Å². The van der Waals surface area contributed by atoms with Crippen molar-refractivity contribution >= 4 is 15.6 Å². The first-order valence-electron chi connectivity index (χ1n) is 5.63. The van der Waals surface area contributed by atoms with Crippen LogP contribution in [0.4, 0.5) is 0 Å². The van der Waals surface area contributed by atoms with E-state index < -0.39 is 9.84 Å². The average molecular weight is 274 g/mol. The molecule has 5 heteroatoms. The van der Waals surface area contributed by atoms with E-state index in [-0.39, 0.29) is 32.5 Å². The zero-order valence-corrected chi connectivity index (χ0v) is 10.9. The molecule has 2 aromatic carbocycles. The number of methoxy groups -OCH3 is 1. The van der Waals surface area contributed by atoms with Crippen LogP contribution in [0.15, 0.2) is 52.3 Å². The summed E-state index contributed by atoms with van der Waals surface area (Å²) in [7, 11) is -2.34. The average Bonchev–Trinajstić information content (AvgIpc) is 2.44. The SMILES string of the molecule is COc1cccc2c1S(=O)(=O)c1ccccc1C2=O. The van der Waals surface area contributed by atoms with Crippen LogP contribution in [0.1, 0.15) is 15.9 Å². The van der Waals surface area contributed by atoms with E-state index in [0.717, 1.165) is 0 Å². The summed E-state index contributed by atoms with van der Waals surface area (Å²) < 4.78 is 30.3. The largest absolute Gasteiger partial charge is 0.495 e. The first kappa shape index (κ1) is 11.9. The van der Waals surface area contributed by atoms with Crippen LogP contribution < -0.4 is 4.74 Å². The number of carbonyl (C=O) groups is 1. The van der Waals surface area contributed by atoms with Crippen molar-refractivity contribution in [3.05, 3.63) is 53.6 Å². The standard InChI is InChI=1S/C14H10O4S/c1-18-11-7-4-6-10-13(15)9-5-2-3-8-12(9)19(16,17)14(10)11/h2-8H,1H3. The van der Waals surface area contributed by atoms with Gasteiger partial charge in [-0.3, -0.25) is 4.79 Å². The second-order valence-electron chi connectivity index (χ2n) is 4.17. The number of benzene rings is 2. The van der Waals surface area contributed by atoms with E-state index in [1.54, 1.807) is 18.2 Å². The minimum absolute atomic E-state index is 0.0389. The Balaban J connectivity index is 2.46. The highest BCUT2D eigenvalue weighted by Gasteiger charge is 2.36. The second kappa shape index (κ2) is 3.93. The molecule has 2 aromatic rings. The third kappa shape index (κ3) is 1.51. The Morgan fingerprint density at radius 1 is 0.947 bits per heavy atom. The Morgan fingerprint density at radius 2 is 1.63 bits per heavy atom. The molecular formula is C14H10O4S. The first-order valence-corrected chi connectivity index (χ1v) is 7.11. The molecule has 0 unspecified atom stereocenters. The van der Waals surface area contributed by atoms with Crippen molar-refractivity contribution in [1.82, 2.24) is 0 Å². The third-order valence-electron chi connectivity index (χ3n) is 3.13. The van der Waals surface area contributed by atoms with Crippen LogP contribution in [0, 0.1) is 0 Å². The van der Waals surface area contributed by atoms with E-state index in [1.165, 1.54) is 31.4 Å². The maximum atomic E-state index is 12.6. The third-order valence-corrected chi connectivity index (χ3v) is 5.03. The summed E-state index contributed by atoms with van der Waals surface area (Å²) >= 11 is 0. The zero-order valence-electron chi connectivity index (χ0n) is 10.1. The second-order valence-corrected chi connectivity index (χ2v) is 6.02. The van der Waals surface area contributed by atoms with Crippen LogP contribution in [0.5, 0.6) is 5.75 Å². The minimum atomic E-state index is -3.72. The van der Waals surface area contributed by atoms with Crippen molar-refractivity contribution < 1.29 is 17.9 Å².